The fraction of sp³-hybridized carbons (Fsp3) is 0. The second-order valence-electron chi connectivity index (χ2n) is 4.11. The third-order valence-corrected chi connectivity index (χ3v) is 2.77. The monoisotopic (exact) mass is 279 g/mol. The molecule has 0 atom stereocenters. The Labute approximate surface area is 120 Å². The standard InChI is InChI=1S/C15H9N3O3/c16-7-9-4-5-11(6-10(9)8-17)18-15(21)14-12(19)2-1-3-13(14)20/h1-6,19-20H,(H,18,21). The van der Waals surface area contributed by atoms with E-state index in [4.69, 9.17) is 10.5 Å². The summed E-state index contributed by atoms with van der Waals surface area (Å²) in [6.07, 6.45) is 0. The van der Waals surface area contributed by atoms with E-state index in [9.17, 15) is 15.0 Å². The van der Waals surface area contributed by atoms with Crippen LogP contribution in [0.1, 0.15) is 21.5 Å². The third-order valence-electron chi connectivity index (χ3n) is 2.77. The number of nitrogens with zero attached hydrogens (tertiary/aromatic N) is 2. The van der Waals surface area contributed by atoms with Gasteiger partial charge in [0.05, 0.1) is 11.1 Å². The van der Waals surface area contributed by atoms with Gasteiger partial charge in [-0.15, -0.1) is 0 Å². The summed E-state index contributed by atoms with van der Waals surface area (Å²) in [6.45, 7) is 0. The van der Waals surface area contributed by atoms with Crippen LogP contribution >= 0.6 is 0 Å². The Kier molecular flexibility index (Phi) is 3.74. The number of phenolic OH excluding ortho intramolecular Hbond substituents is 2. The Morgan fingerprint density at radius 3 is 2.19 bits per heavy atom. The molecule has 2 rings (SSSR count). The van der Waals surface area contributed by atoms with Crippen LogP contribution in [-0.4, -0.2) is 16.1 Å². The molecule has 6 nitrogen and oxygen atoms in total. The van der Waals surface area contributed by atoms with E-state index in [1.807, 2.05) is 12.1 Å². The Morgan fingerprint density at radius 2 is 1.62 bits per heavy atom. The van der Waals surface area contributed by atoms with Crippen LogP contribution in [0, 0.1) is 22.7 Å². The van der Waals surface area contributed by atoms with Crippen molar-refractivity contribution in [2.75, 3.05) is 5.32 Å². The molecule has 2 aromatic rings. The van der Waals surface area contributed by atoms with Crippen LogP contribution in [0.3, 0.4) is 0 Å². The highest BCUT2D eigenvalue weighted by Crippen LogP contribution is 2.27. The smallest absolute Gasteiger partial charge is 0.263 e. The van der Waals surface area contributed by atoms with E-state index in [1.54, 1.807) is 0 Å². The van der Waals surface area contributed by atoms with E-state index < -0.39 is 5.91 Å². The first-order valence-corrected chi connectivity index (χ1v) is 5.83. The molecule has 0 aliphatic heterocycles. The number of hydrogen-bond donors (Lipinski definition) is 3. The highest BCUT2D eigenvalue weighted by Gasteiger charge is 2.16. The number of aromatic hydroxyl groups is 2. The van der Waals surface area contributed by atoms with Crippen molar-refractivity contribution in [3.8, 4) is 23.6 Å². The molecule has 0 saturated heterocycles. The van der Waals surface area contributed by atoms with Gasteiger partial charge >= 0.3 is 0 Å². The Morgan fingerprint density at radius 1 is 1.00 bits per heavy atom. The third kappa shape index (κ3) is 2.75. The van der Waals surface area contributed by atoms with Crippen LogP contribution in [0.5, 0.6) is 11.5 Å². The van der Waals surface area contributed by atoms with E-state index in [-0.39, 0.29) is 33.9 Å². The normalized spacial score (nSPS) is 9.43. The Balaban J connectivity index is 2.33. The average molecular weight is 279 g/mol. The molecule has 0 spiro atoms. The van der Waals surface area contributed by atoms with Gasteiger partial charge in [-0.1, -0.05) is 6.07 Å². The maximum Gasteiger partial charge on any atom is 0.263 e. The van der Waals surface area contributed by atoms with Gasteiger partial charge in [0.1, 0.15) is 29.2 Å². The molecular formula is C15H9N3O3. The molecule has 0 aliphatic carbocycles. The van der Waals surface area contributed by atoms with Gasteiger partial charge in [0.15, 0.2) is 0 Å². The van der Waals surface area contributed by atoms with Crippen molar-refractivity contribution < 1.29 is 15.0 Å². The highest BCUT2D eigenvalue weighted by atomic mass is 16.3. The Hall–Kier alpha value is -3.51. The highest BCUT2D eigenvalue weighted by molar-refractivity contribution is 6.08. The lowest BCUT2D eigenvalue weighted by Gasteiger charge is -2.09. The number of carbonyl (C=O) groups is 1. The van der Waals surface area contributed by atoms with Gasteiger partial charge in [-0.05, 0) is 30.3 Å². The van der Waals surface area contributed by atoms with Crippen molar-refractivity contribution in [3.05, 3.63) is 53.1 Å². The number of benzene rings is 2. The molecule has 0 heterocycles. The van der Waals surface area contributed by atoms with Crippen molar-refractivity contribution >= 4 is 11.6 Å². The summed E-state index contributed by atoms with van der Waals surface area (Å²) < 4.78 is 0. The van der Waals surface area contributed by atoms with E-state index in [1.165, 1.54) is 36.4 Å². The maximum absolute atomic E-state index is 12.0. The molecule has 0 bridgehead atoms. The van der Waals surface area contributed by atoms with E-state index in [0.29, 0.717) is 0 Å². The van der Waals surface area contributed by atoms with Gasteiger partial charge in [0.2, 0.25) is 0 Å². The number of amides is 1. The maximum atomic E-state index is 12.0. The minimum Gasteiger partial charge on any atom is -0.507 e. The predicted octanol–water partition coefficient (Wildman–Crippen LogP) is 2.09. The SMILES string of the molecule is N#Cc1ccc(NC(=O)c2c(O)cccc2O)cc1C#N. The van der Waals surface area contributed by atoms with Gasteiger partial charge in [0.25, 0.3) is 5.91 Å². The summed E-state index contributed by atoms with van der Waals surface area (Å²) in [6, 6.07) is 11.9. The lowest BCUT2D eigenvalue weighted by atomic mass is 10.1. The van der Waals surface area contributed by atoms with E-state index >= 15 is 0 Å². The predicted molar refractivity (Wildman–Crippen MR) is 73.6 cm³/mol. The molecule has 102 valence electrons. The lowest BCUT2D eigenvalue weighted by Crippen LogP contribution is -2.12. The summed E-state index contributed by atoms with van der Waals surface area (Å²) in [5.74, 6) is -1.44. The number of carbonyl (C=O) groups excluding carboxylic acids is 1. The molecule has 6 heteroatoms. The number of hydrogen-bond acceptors (Lipinski definition) is 5. The van der Waals surface area contributed by atoms with Crippen LogP contribution in [-0.2, 0) is 0 Å². The zero-order chi connectivity index (χ0) is 15.4. The van der Waals surface area contributed by atoms with Crippen LogP contribution < -0.4 is 5.32 Å². The summed E-state index contributed by atoms with van der Waals surface area (Å²) in [7, 11) is 0. The zero-order valence-corrected chi connectivity index (χ0v) is 10.7. The summed E-state index contributed by atoms with van der Waals surface area (Å²) in [4.78, 5) is 12.0. The van der Waals surface area contributed by atoms with E-state index in [2.05, 4.69) is 5.32 Å². The average Bonchev–Trinajstić information content (AvgIpc) is 2.46. The summed E-state index contributed by atoms with van der Waals surface area (Å²) in [5, 5.41) is 39.4. The minimum atomic E-state index is -0.723. The minimum absolute atomic E-state index is 0.122. The van der Waals surface area contributed by atoms with Crippen LogP contribution in [0.25, 0.3) is 0 Å². The largest absolute Gasteiger partial charge is 0.507 e. The van der Waals surface area contributed by atoms with Crippen molar-refractivity contribution in [3.63, 3.8) is 0 Å². The molecule has 3 N–H and O–H groups in total. The first kappa shape index (κ1) is 13.9. The molecule has 0 aromatic heterocycles. The number of nitrogens with one attached hydrogen (secondary N) is 1. The van der Waals surface area contributed by atoms with Crippen LogP contribution in [0.15, 0.2) is 36.4 Å². The molecule has 0 saturated carbocycles. The summed E-state index contributed by atoms with van der Waals surface area (Å²) >= 11 is 0. The van der Waals surface area contributed by atoms with Crippen molar-refractivity contribution in [1.29, 1.82) is 10.5 Å². The molecule has 0 unspecified atom stereocenters. The van der Waals surface area contributed by atoms with E-state index in [0.717, 1.165) is 0 Å². The molecule has 2 aromatic carbocycles. The fourth-order valence-corrected chi connectivity index (χ4v) is 1.77. The number of nitriles is 2. The number of anilines is 1. The van der Waals surface area contributed by atoms with Crippen molar-refractivity contribution in [2.45, 2.75) is 0 Å². The second kappa shape index (κ2) is 5.64. The number of rotatable bonds is 2. The van der Waals surface area contributed by atoms with Crippen molar-refractivity contribution in [1.82, 2.24) is 0 Å². The van der Waals surface area contributed by atoms with Crippen LogP contribution in [0.2, 0.25) is 0 Å². The topological polar surface area (TPSA) is 117 Å². The quantitative estimate of drug-likeness (QED) is 0.778. The number of phenols is 2. The molecular weight excluding hydrogens is 270 g/mol. The van der Waals surface area contributed by atoms with Gasteiger partial charge in [-0.2, -0.15) is 10.5 Å². The fourth-order valence-electron chi connectivity index (χ4n) is 1.77. The van der Waals surface area contributed by atoms with Gasteiger partial charge in [-0.25, -0.2) is 0 Å². The second-order valence-corrected chi connectivity index (χ2v) is 4.11. The molecule has 0 radical (unpaired) electrons. The molecule has 1 amide bonds. The lowest BCUT2D eigenvalue weighted by molar-refractivity contribution is 0.102. The molecule has 21 heavy (non-hydrogen) atoms. The first-order chi connectivity index (χ1) is 10.1. The van der Waals surface area contributed by atoms with Crippen molar-refractivity contribution in [2.24, 2.45) is 0 Å². The summed E-state index contributed by atoms with van der Waals surface area (Å²) in [5.41, 5.74) is 0.330. The van der Waals surface area contributed by atoms with Gasteiger partial charge in [-0.3, -0.25) is 4.79 Å². The zero-order valence-electron chi connectivity index (χ0n) is 10.7. The van der Waals surface area contributed by atoms with Gasteiger partial charge in [0, 0.05) is 5.69 Å². The molecule has 0 fully saturated rings. The van der Waals surface area contributed by atoms with Crippen LogP contribution in [0.4, 0.5) is 5.69 Å². The first-order valence-electron chi connectivity index (χ1n) is 5.83. The Bertz CT molecular complexity index is 781. The van der Waals surface area contributed by atoms with Gasteiger partial charge < -0.3 is 15.5 Å². The molecule has 0 aliphatic rings.